The van der Waals surface area contributed by atoms with E-state index in [9.17, 15) is 13.2 Å². The van der Waals surface area contributed by atoms with Gasteiger partial charge >= 0.3 is 0 Å². The Morgan fingerprint density at radius 3 is 2.67 bits per heavy atom. The van der Waals surface area contributed by atoms with Crippen molar-refractivity contribution in [1.29, 1.82) is 0 Å². The molecule has 6 heteroatoms. The van der Waals surface area contributed by atoms with Gasteiger partial charge in [-0.05, 0) is 25.0 Å². The summed E-state index contributed by atoms with van der Waals surface area (Å²) in [6.45, 7) is 1.63. The van der Waals surface area contributed by atoms with E-state index in [1.165, 1.54) is 0 Å². The first-order valence-corrected chi connectivity index (χ1v) is 8.94. The van der Waals surface area contributed by atoms with Gasteiger partial charge in [0.15, 0.2) is 9.84 Å². The van der Waals surface area contributed by atoms with Crippen molar-refractivity contribution in [3.63, 3.8) is 0 Å². The lowest BCUT2D eigenvalue weighted by Crippen LogP contribution is -2.36. The zero-order valence-electron chi connectivity index (χ0n) is 12.4. The fourth-order valence-corrected chi connectivity index (χ4v) is 3.90. The van der Waals surface area contributed by atoms with Gasteiger partial charge in [0, 0.05) is 13.1 Å². The molecule has 0 bridgehead atoms. The van der Waals surface area contributed by atoms with Crippen LogP contribution >= 0.6 is 0 Å². The molecule has 1 fully saturated rings. The summed E-state index contributed by atoms with van der Waals surface area (Å²) in [5, 5.41) is 5.96. The molecular formula is C15H22N2O3S. The minimum absolute atomic E-state index is 0.0147. The average molecular weight is 310 g/mol. The number of benzene rings is 1. The summed E-state index contributed by atoms with van der Waals surface area (Å²) in [4.78, 5) is 12.2. The van der Waals surface area contributed by atoms with Crippen LogP contribution in [0.15, 0.2) is 29.2 Å². The molecule has 21 heavy (non-hydrogen) atoms. The highest BCUT2D eigenvalue weighted by molar-refractivity contribution is 7.91. The molecule has 2 rings (SSSR count). The van der Waals surface area contributed by atoms with Crippen LogP contribution in [0.25, 0.3) is 0 Å². The highest BCUT2D eigenvalue weighted by atomic mass is 32.2. The number of sulfone groups is 1. The highest BCUT2D eigenvalue weighted by Crippen LogP contribution is 2.31. The normalized spacial score (nSPS) is 22.0. The standard InChI is InChI=1S/C15H22N2O3S/c1-3-21(19,20)14-10-5-4-8-13(14)17-12-9-6-7-11(12)15(18)16-2/h4-5,8,10-12,17H,3,6-7,9H2,1-2H3,(H,16,18)/t11-,12+/m1/s1. The van der Waals surface area contributed by atoms with Gasteiger partial charge in [-0.3, -0.25) is 4.79 Å². The van der Waals surface area contributed by atoms with Crippen molar-refractivity contribution in [3.8, 4) is 0 Å². The first-order chi connectivity index (χ1) is 9.99. The van der Waals surface area contributed by atoms with Crippen LogP contribution in [-0.4, -0.2) is 33.2 Å². The minimum Gasteiger partial charge on any atom is -0.380 e. The molecule has 0 aliphatic heterocycles. The van der Waals surface area contributed by atoms with Gasteiger partial charge in [0.1, 0.15) is 0 Å². The number of anilines is 1. The Bertz CT molecular complexity index is 613. The van der Waals surface area contributed by atoms with Crippen LogP contribution in [0.3, 0.4) is 0 Å². The van der Waals surface area contributed by atoms with Crippen LogP contribution in [-0.2, 0) is 14.6 Å². The zero-order chi connectivity index (χ0) is 15.5. The maximum Gasteiger partial charge on any atom is 0.224 e. The second-order valence-corrected chi connectivity index (χ2v) is 7.55. The van der Waals surface area contributed by atoms with Crippen molar-refractivity contribution in [2.24, 2.45) is 5.92 Å². The molecule has 0 saturated heterocycles. The molecule has 0 radical (unpaired) electrons. The second kappa shape index (κ2) is 6.47. The largest absolute Gasteiger partial charge is 0.380 e. The van der Waals surface area contributed by atoms with E-state index in [0.29, 0.717) is 10.6 Å². The third-order valence-electron chi connectivity index (χ3n) is 4.04. The molecule has 1 saturated carbocycles. The Morgan fingerprint density at radius 1 is 1.29 bits per heavy atom. The summed E-state index contributed by atoms with van der Waals surface area (Å²) >= 11 is 0. The first kappa shape index (κ1) is 15.8. The van der Waals surface area contributed by atoms with Crippen LogP contribution in [0, 0.1) is 5.92 Å². The van der Waals surface area contributed by atoms with Crippen molar-refractivity contribution < 1.29 is 13.2 Å². The summed E-state index contributed by atoms with van der Waals surface area (Å²) < 4.78 is 24.3. The summed E-state index contributed by atoms with van der Waals surface area (Å²) in [6, 6.07) is 6.89. The topological polar surface area (TPSA) is 75.3 Å². The third kappa shape index (κ3) is 3.37. The molecule has 5 nitrogen and oxygen atoms in total. The van der Waals surface area contributed by atoms with Crippen molar-refractivity contribution >= 4 is 21.4 Å². The molecule has 0 aromatic heterocycles. The summed E-state index contributed by atoms with van der Waals surface area (Å²) in [5.74, 6) is -0.0249. The van der Waals surface area contributed by atoms with E-state index in [1.807, 2.05) is 0 Å². The third-order valence-corrected chi connectivity index (χ3v) is 5.83. The molecular weight excluding hydrogens is 288 g/mol. The lowest BCUT2D eigenvalue weighted by atomic mass is 10.0. The van der Waals surface area contributed by atoms with E-state index in [4.69, 9.17) is 0 Å². The Hall–Kier alpha value is -1.56. The monoisotopic (exact) mass is 310 g/mol. The molecule has 0 heterocycles. The summed E-state index contributed by atoms with van der Waals surface area (Å²) in [5.41, 5.74) is 0.597. The molecule has 2 N–H and O–H groups in total. The van der Waals surface area contributed by atoms with E-state index in [-0.39, 0.29) is 23.6 Å². The van der Waals surface area contributed by atoms with E-state index >= 15 is 0 Å². The molecule has 1 aromatic rings. The van der Waals surface area contributed by atoms with Crippen LogP contribution < -0.4 is 10.6 Å². The smallest absolute Gasteiger partial charge is 0.224 e. The van der Waals surface area contributed by atoms with Crippen LogP contribution in [0.1, 0.15) is 26.2 Å². The van der Waals surface area contributed by atoms with E-state index < -0.39 is 9.84 Å². The summed E-state index contributed by atoms with van der Waals surface area (Å²) in [7, 11) is -1.64. The Kier molecular flexibility index (Phi) is 4.88. The molecule has 1 amide bonds. The maximum absolute atomic E-state index is 12.1. The molecule has 2 atom stereocenters. The second-order valence-electron chi connectivity index (χ2n) is 5.30. The number of amides is 1. The predicted molar refractivity (Wildman–Crippen MR) is 83.0 cm³/mol. The number of carbonyl (C=O) groups excluding carboxylic acids is 1. The molecule has 1 aliphatic rings. The number of hydrogen-bond donors (Lipinski definition) is 2. The molecule has 0 unspecified atom stereocenters. The zero-order valence-corrected chi connectivity index (χ0v) is 13.2. The van der Waals surface area contributed by atoms with Crippen molar-refractivity contribution in [3.05, 3.63) is 24.3 Å². The number of hydrogen-bond acceptors (Lipinski definition) is 4. The van der Waals surface area contributed by atoms with Gasteiger partial charge in [-0.15, -0.1) is 0 Å². The molecule has 1 aliphatic carbocycles. The fraction of sp³-hybridized carbons (Fsp3) is 0.533. The quantitative estimate of drug-likeness (QED) is 0.869. The van der Waals surface area contributed by atoms with Gasteiger partial charge in [-0.1, -0.05) is 25.5 Å². The number of para-hydroxylation sites is 1. The average Bonchev–Trinajstić information content (AvgIpc) is 2.95. The van der Waals surface area contributed by atoms with Crippen molar-refractivity contribution in [2.75, 3.05) is 18.1 Å². The molecule has 0 spiro atoms. The summed E-state index contributed by atoms with van der Waals surface area (Å²) in [6.07, 6.45) is 2.68. The van der Waals surface area contributed by atoms with Crippen molar-refractivity contribution in [2.45, 2.75) is 37.1 Å². The van der Waals surface area contributed by atoms with Crippen LogP contribution in [0.2, 0.25) is 0 Å². The van der Waals surface area contributed by atoms with Gasteiger partial charge in [0.2, 0.25) is 5.91 Å². The maximum atomic E-state index is 12.1. The number of carbonyl (C=O) groups is 1. The van der Waals surface area contributed by atoms with Gasteiger partial charge in [0.05, 0.1) is 22.3 Å². The Morgan fingerprint density at radius 2 is 2.00 bits per heavy atom. The molecule has 116 valence electrons. The van der Waals surface area contributed by atoms with E-state index in [2.05, 4.69) is 10.6 Å². The number of rotatable bonds is 5. The lowest BCUT2D eigenvalue weighted by Gasteiger charge is -2.22. The van der Waals surface area contributed by atoms with Crippen molar-refractivity contribution in [1.82, 2.24) is 5.32 Å². The van der Waals surface area contributed by atoms with Crippen LogP contribution in [0.5, 0.6) is 0 Å². The predicted octanol–water partition coefficient (Wildman–Crippen LogP) is 1.81. The minimum atomic E-state index is -3.28. The van der Waals surface area contributed by atoms with Gasteiger partial charge < -0.3 is 10.6 Å². The highest BCUT2D eigenvalue weighted by Gasteiger charge is 2.33. The Balaban J connectivity index is 2.26. The van der Waals surface area contributed by atoms with E-state index in [0.717, 1.165) is 19.3 Å². The van der Waals surface area contributed by atoms with Crippen LogP contribution in [0.4, 0.5) is 5.69 Å². The Labute approximate surface area is 126 Å². The van der Waals surface area contributed by atoms with E-state index in [1.54, 1.807) is 38.2 Å². The fourth-order valence-electron chi connectivity index (χ4n) is 2.84. The van der Waals surface area contributed by atoms with Gasteiger partial charge in [0.25, 0.3) is 0 Å². The van der Waals surface area contributed by atoms with Gasteiger partial charge in [-0.2, -0.15) is 0 Å². The lowest BCUT2D eigenvalue weighted by molar-refractivity contribution is -0.124. The first-order valence-electron chi connectivity index (χ1n) is 7.29. The van der Waals surface area contributed by atoms with Gasteiger partial charge in [-0.25, -0.2) is 8.42 Å². The molecule has 1 aromatic carbocycles. The SMILES string of the molecule is CCS(=O)(=O)c1ccccc1N[C@H]1CCC[C@H]1C(=O)NC. The number of nitrogens with one attached hydrogen (secondary N) is 2.